The molecule has 0 spiro atoms. The van der Waals surface area contributed by atoms with Gasteiger partial charge in [0, 0.05) is 22.6 Å². The van der Waals surface area contributed by atoms with Gasteiger partial charge in [-0.3, -0.25) is 0 Å². The molecule has 0 fully saturated rings. The van der Waals surface area contributed by atoms with Crippen molar-refractivity contribution < 1.29 is 5.11 Å². The molecule has 2 aromatic rings. The van der Waals surface area contributed by atoms with Crippen molar-refractivity contribution in [1.82, 2.24) is 0 Å². The molecule has 19 heavy (non-hydrogen) atoms. The zero-order valence-corrected chi connectivity index (χ0v) is 11.5. The number of thioether (sulfide) groups is 1. The summed E-state index contributed by atoms with van der Waals surface area (Å²) in [6.45, 7) is 0.124. The molecular weight excluding hydrogens is 252 g/mol. The predicted octanol–water partition coefficient (Wildman–Crippen LogP) is 3.71. The summed E-state index contributed by atoms with van der Waals surface area (Å²) in [6, 6.07) is 18.7. The van der Waals surface area contributed by atoms with Gasteiger partial charge in [0.2, 0.25) is 0 Å². The fourth-order valence-corrected chi connectivity index (χ4v) is 2.46. The quantitative estimate of drug-likeness (QED) is 0.674. The lowest BCUT2D eigenvalue weighted by Crippen LogP contribution is -1.82. The second-order valence-corrected chi connectivity index (χ2v) is 5.12. The Balaban J connectivity index is 1.91. The van der Waals surface area contributed by atoms with Gasteiger partial charge in [0.15, 0.2) is 0 Å². The van der Waals surface area contributed by atoms with Crippen LogP contribution in [0.2, 0.25) is 0 Å². The van der Waals surface area contributed by atoms with E-state index >= 15 is 0 Å². The van der Waals surface area contributed by atoms with E-state index in [1.54, 1.807) is 0 Å². The number of benzene rings is 2. The highest BCUT2D eigenvalue weighted by molar-refractivity contribution is 7.98. The van der Waals surface area contributed by atoms with Crippen LogP contribution in [-0.2, 0) is 5.75 Å². The van der Waals surface area contributed by atoms with Gasteiger partial charge in [-0.1, -0.05) is 42.2 Å². The lowest BCUT2D eigenvalue weighted by atomic mass is 10.1. The minimum atomic E-state index is 0.124. The van der Waals surface area contributed by atoms with Gasteiger partial charge in [-0.2, -0.15) is 0 Å². The molecule has 0 aliphatic rings. The molecule has 0 radical (unpaired) electrons. The zero-order chi connectivity index (χ0) is 13.3. The first-order chi connectivity index (χ1) is 9.38. The molecule has 1 nitrogen and oxygen atoms in total. The Morgan fingerprint density at radius 2 is 1.68 bits per heavy atom. The zero-order valence-electron chi connectivity index (χ0n) is 10.7. The van der Waals surface area contributed by atoms with E-state index < -0.39 is 0 Å². The maximum atomic E-state index is 8.66. The van der Waals surface area contributed by atoms with Gasteiger partial charge in [0.05, 0.1) is 6.61 Å². The molecule has 0 aromatic heterocycles. The summed E-state index contributed by atoms with van der Waals surface area (Å²) >= 11 is 1.83. The molecule has 2 heteroatoms. The fourth-order valence-electron chi connectivity index (χ4n) is 1.59. The van der Waals surface area contributed by atoms with Crippen molar-refractivity contribution in [3.8, 4) is 11.8 Å². The third-order valence-electron chi connectivity index (χ3n) is 2.57. The molecule has 1 N–H and O–H groups in total. The second kappa shape index (κ2) is 7.68. The molecule has 0 aliphatic heterocycles. The largest absolute Gasteiger partial charge is 0.395 e. The van der Waals surface area contributed by atoms with Crippen LogP contribution in [-0.4, -0.2) is 11.7 Å². The van der Waals surface area contributed by atoms with Crippen LogP contribution in [0.25, 0.3) is 0 Å². The fraction of sp³-hybridized carbons (Fsp3) is 0.176. The molecular formula is C17H16OS. The van der Waals surface area contributed by atoms with Gasteiger partial charge in [-0.05, 0) is 29.8 Å². The molecule has 2 aromatic carbocycles. The molecule has 2 rings (SSSR count). The number of aliphatic hydroxyl groups excluding tert-OH is 1. The summed E-state index contributed by atoms with van der Waals surface area (Å²) < 4.78 is 0. The Kier molecular flexibility index (Phi) is 5.55. The van der Waals surface area contributed by atoms with Gasteiger partial charge >= 0.3 is 0 Å². The van der Waals surface area contributed by atoms with Crippen molar-refractivity contribution in [2.24, 2.45) is 0 Å². The maximum Gasteiger partial charge on any atom is 0.0540 e. The van der Waals surface area contributed by atoms with Crippen molar-refractivity contribution in [1.29, 1.82) is 0 Å². The Hall–Kier alpha value is -1.69. The lowest BCUT2D eigenvalue weighted by molar-refractivity contribution is 0.305. The van der Waals surface area contributed by atoms with E-state index in [0.717, 1.165) is 11.3 Å². The third kappa shape index (κ3) is 4.82. The number of aliphatic hydroxyl groups is 1. The smallest absolute Gasteiger partial charge is 0.0540 e. The van der Waals surface area contributed by atoms with Crippen LogP contribution < -0.4 is 0 Å². The first-order valence-corrected chi connectivity index (χ1v) is 7.23. The molecule has 0 atom stereocenters. The summed E-state index contributed by atoms with van der Waals surface area (Å²) in [7, 11) is 0. The first kappa shape index (κ1) is 13.7. The molecule has 0 saturated carbocycles. The van der Waals surface area contributed by atoms with E-state index in [9.17, 15) is 0 Å². The Bertz CT molecular complexity index is 549. The van der Waals surface area contributed by atoms with Crippen molar-refractivity contribution in [3.05, 3.63) is 65.7 Å². The standard InChI is InChI=1S/C17H16OS/c18-13-5-4-6-15-9-11-16(12-10-15)14-19-17-7-2-1-3-8-17/h1-3,7-12,18H,5,13-14H2. The van der Waals surface area contributed by atoms with Gasteiger partial charge in [0.25, 0.3) is 0 Å². The minimum Gasteiger partial charge on any atom is -0.395 e. The van der Waals surface area contributed by atoms with Gasteiger partial charge in [0.1, 0.15) is 0 Å². The molecule has 0 saturated heterocycles. The Labute approximate surface area is 118 Å². The molecule has 0 bridgehead atoms. The average Bonchev–Trinajstić information content (AvgIpc) is 2.48. The summed E-state index contributed by atoms with van der Waals surface area (Å²) in [5.41, 5.74) is 2.29. The SMILES string of the molecule is OCCC#Cc1ccc(CSc2ccccc2)cc1. The minimum absolute atomic E-state index is 0.124. The van der Waals surface area contributed by atoms with Crippen molar-refractivity contribution in [2.75, 3.05) is 6.61 Å². The highest BCUT2D eigenvalue weighted by Crippen LogP contribution is 2.22. The highest BCUT2D eigenvalue weighted by Gasteiger charge is 1.95. The van der Waals surface area contributed by atoms with Gasteiger partial charge < -0.3 is 5.11 Å². The Morgan fingerprint density at radius 3 is 2.37 bits per heavy atom. The molecule has 0 unspecified atom stereocenters. The number of rotatable bonds is 4. The molecule has 96 valence electrons. The van der Waals surface area contributed by atoms with E-state index in [1.165, 1.54) is 10.5 Å². The van der Waals surface area contributed by atoms with Crippen LogP contribution in [0.5, 0.6) is 0 Å². The van der Waals surface area contributed by atoms with Gasteiger partial charge in [-0.25, -0.2) is 0 Å². The van der Waals surface area contributed by atoms with E-state index in [0.29, 0.717) is 6.42 Å². The summed E-state index contributed by atoms with van der Waals surface area (Å²) in [5, 5.41) is 8.66. The van der Waals surface area contributed by atoms with E-state index in [1.807, 2.05) is 30.0 Å². The maximum absolute atomic E-state index is 8.66. The van der Waals surface area contributed by atoms with Crippen LogP contribution in [0.4, 0.5) is 0 Å². The van der Waals surface area contributed by atoms with E-state index in [4.69, 9.17) is 5.11 Å². The topological polar surface area (TPSA) is 20.2 Å². The first-order valence-electron chi connectivity index (χ1n) is 6.25. The summed E-state index contributed by atoms with van der Waals surface area (Å²) in [4.78, 5) is 1.29. The molecule has 0 aliphatic carbocycles. The van der Waals surface area contributed by atoms with Crippen LogP contribution >= 0.6 is 11.8 Å². The normalized spacial score (nSPS) is 9.74. The van der Waals surface area contributed by atoms with Crippen LogP contribution in [0.3, 0.4) is 0 Å². The van der Waals surface area contributed by atoms with E-state index in [-0.39, 0.29) is 6.61 Å². The lowest BCUT2D eigenvalue weighted by Gasteiger charge is -2.02. The van der Waals surface area contributed by atoms with Crippen molar-refractivity contribution in [3.63, 3.8) is 0 Å². The van der Waals surface area contributed by atoms with Crippen LogP contribution in [0.15, 0.2) is 59.5 Å². The van der Waals surface area contributed by atoms with Gasteiger partial charge in [-0.15, -0.1) is 11.8 Å². The van der Waals surface area contributed by atoms with E-state index in [2.05, 4.69) is 48.2 Å². The third-order valence-corrected chi connectivity index (χ3v) is 3.66. The average molecular weight is 268 g/mol. The van der Waals surface area contributed by atoms with Crippen molar-refractivity contribution >= 4 is 11.8 Å². The molecule has 0 amide bonds. The second-order valence-electron chi connectivity index (χ2n) is 4.07. The summed E-state index contributed by atoms with van der Waals surface area (Å²) in [6.07, 6.45) is 0.533. The summed E-state index contributed by atoms with van der Waals surface area (Å²) in [5.74, 6) is 6.92. The number of hydrogen-bond donors (Lipinski definition) is 1. The van der Waals surface area contributed by atoms with Crippen LogP contribution in [0, 0.1) is 11.8 Å². The predicted molar refractivity (Wildman–Crippen MR) is 81.0 cm³/mol. The number of hydrogen-bond acceptors (Lipinski definition) is 2. The van der Waals surface area contributed by atoms with Crippen LogP contribution in [0.1, 0.15) is 17.5 Å². The monoisotopic (exact) mass is 268 g/mol. The van der Waals surface area contributed by atoms with Crippen molar-refractivity contribution in [2.45, 2.75) is 17.1 Å². The Morgan fingerprint density at radius 1 is 0.947 bits per heavy atom. The molecule has 0 heterocycles. The highest BCUT2D eigenvalue weighted by atomic mass is 32.2.